The van der Waals surface area contributed by atoms with Gasteiger partial charge in [-0.2, -0.15) is 0 Å². The highest BCUT2D eigenvalue weighted by atomic mass is 16.5. The number of hydrogen-bond donors (Lipinski definition) is 1. The second-order valence-corrected chi connectivity index (χ2v) is 5.78. The summed E-state index contributed by atoms with van der Waals surface area (Å²) in [4.78, 5) is 12.8. The minimum atomic E-state index is -0.225. The number of ketones is 1. The molecule has 3 heteroatoms. The van der Waals surface area contributed by atoms with E-state index < -0.39 is 0 Å². The molecular weight excluding hydrogens is 238 g/mol. The zero-order valence-electron chi connectivity index (χ0n) is 12.3. The maximum atomic E-state index is 12.8. The lowest BCUT2D eigenvalue weighted by atomic mass is 9.74. The third-order valence-electron chi connectivity index (χ3n) is 4.24. The van der Waals surface area contributed by atoms with Crippen molar-refractivity contribution in [2.75, 3.05) is 20.2 Å². The van der Waals surface area contributed by atoms with Crippen molar-refractivity contribution in [3.63, 3.8) is 0 Å². The van der Waals surface area contributed by atoms with Crippen molar-refractivity contribution in [2.45, 2.75) is 33.6 Å². The third-order valence-corrected chi connectivity index (χ3v) is 4.24. The van der Waals surface area contributed by atoms with Crippen LogP contribution in [0.4, 0.5) is 0 Å². The van der Waals surface area contributed by atoms with Gasteiger partial charge in [0.15, 0.2) is 5.78 Å². The minimum Gasteiger partial charge on any atom is -0.496 e. The lowest BCUT2D eigenvalue weighted by Crippen LogP contribution is -2.40. The van der Waals surface area contributed by atoms with Crippen molar-refractivity contribution in [2.24, 2.45) is 5.41 Å². The number of methoxy groups -OCH3 is 1. The van der Waals surface area contributed by atoms with Crippen LogP contribution in [-0.2, 0) is 0 Å². The molecule has 2 rings (SSSR count). The Bertz CT molecular complexity index is 488. The number of nitrogens with one attached hydrogen (secondary N) is 1. The molecular formula is C16H23NO2. The predicted molar refractivity (Wildman–Crippen MR) is 77.0 cm³/mol. The van der Waals surface area contributed by atoms with Gasteiger partial charge in [0.1, 0.15) is 5.75 Å². The summed E-state index contributed by atoms with van der Waals surface area (Å²) in [5.74, 6) is 1.13. The van der Waals surface area contributed by atoms with E-state index in [0.717, 1.165) is 48.4 Å². The molecule has 1 aliphatic rings. The summed E-state index contributed by atoms with van der Waals surface area (Å²) in [5.41, 5.74) is 2.65. The summed E-state index contributed by atoms with van der Waals surface area (Å²) in [6.07, 6.45) is 1.83. The van der Waals surface area contributed by atoms with Gasteiger partial charge < -0.3 is 10.1 Å². The number of carbonyl (C=O) groups is 1. The molecule has 0 unspecified atom stereocenters. The number of carbonyl (C=O) groups excluding carboxylic acids is 1. The average Bonchev–Trinajstić information content (AvgIpc) is 2.41. The first-order valence-corrected chi connectivity index (χ1v) is 6.89. The number of rotatable bonds is 3. The number of hydrogen-bond acceptors (Lipinski definition) is 3. The van der Waals surface area contributed by atoms with Crippen LogP contribution in [0, 0.1) is 19.3 Å². The van der Waals surface area contributed by atoms with Gasteiger partial charge in [-0.1, -0.05) is 6.92 Å². The molecule has 1 aromatic carbocycles. The van der Waals surface area contributed by atoms with Crippen LogP contribution in [0.1, 0.15) is 41.3 Å². The second kappa shape index (κ2) is 5.33. The van der Waals surface area contributed by atoms with Gasteiger partial charge in [0.25, 0.3) is 0 Å². The summed E-state index contributed by atoms with van der Waals surface area (Å²) in [7, 11) is 1.66. The predicted octanol–water partition coefficient (Wildman–Crippen LogP) is 2.88. The topological polar surface area (TPSA) is 38.3 Å². The fourth-order valence-corrected chi connectivity index (χ4v) is 2.78. The smallest absolute Gasteiger partial charge is 0.169 e. The summed E-state index contributed by atoms with van der Waals surface area (Å²) in [6.45, 7) is 7.92. The number of benzene rings is 1. The fourth-order valence-electron chi connectivity index (χ4n) is 2.78. The molecule has 3 nitrogen and oxygen atoms in total. The van der Waals surface area contributed by atoms with Crippen LogP contribution in [0.5, 0.6) is 5.75 Å². The largest absolute Gasteiger partial charge is 0.496 e. The second-order valence-electron chi connectivity index (χ2n) is 5.78. The molecule has 1 heterocycles. The van der Waals surface area contributed by atoms with Crippen molar-refractivity contribution in [1.29, 1.82) is 0 Å². The lowest BCUT2D eigenvalue weighted by molar-refractivity contribution is 0.0761. The van der Waals surface area contributed by atoms with E-state index in [0.29, 0.717) is 0 Å². The normalized spacial score (nSPS) is 18.1. The minimum absolute atomic E-state index is 0.225. The van der Waals surface area contributed by atoms with E-state index in [4.69, 9.17) is 4.74 Å². The van der Waals surface area contributed by atoms with Crippen LogP contribution in [-0.4, -0.2) is 26.0 Å². The molecule has 1 N–H and O–H groups in total. The SMILES string of the molecule is COc1cc(C)c(C(=O)C2(C)CCNCC2)cc1C. The van der Waals surface area contributed by atoms with Crippen molar-refractivity contribution in [3.8, 4) is 5.75 Å². The van der Waals surface area contributed by atoms with Gasteiger partial charge >= 0.3 is 0 Å². The highest BCUT2D eigenvalue weighted by Gasteiger charge is 2.35. The Balaban J connectivity index is 2.36. The van der Waals surface area contributed by atoms with Crippen LogP contribution >= 0.6 is 0 Å². The number of piperidine rings is 1. The van der Waals surface area contributed by atoms with Gasteiger partial charge in [-0.3, -0.25) is 4.79 Å². The van der Waals surface area contributed by atoms with Gasteiger partial charge in [-0.25, -0.2) is 0 Å². The maximum absolute atomic E-state index is 12.8. The Morgan fingerprint density at radius 2 is 1.84 bits per heavy atom. The quantitative estimate of drug-likeness (QED) is 0.850. The Labute approximate surface area is 115 Å². The van der Waals surface area contributed by atoms with E-state index in [1.54, 1.807) is 7.11 Å². The molecule has 19 heavy (non-hydrogen) atoms. The van der Waals surface area contributed by atoms with Crippen molar-refractivity contribution in [3.05, 3.63) is 28.8 Å². The first-order chi connectivity index (χ1) is 8.98. The van der Waals surface area contributed by atoms with Gasteiger partial charge in [0.2, 0.25) is 0 Å². The summed E-state index contributed by atoms with van der Waals surface area (Å²) in [5, 5.41) is 3.32. The zero-order valence-corrected chi connectivity index (χ0v) is 12.3. The number of Topliss-reactive ketones (excluding diaryl/α,β-unsaturated/α-hetero) is 1. The van der Waals surface area contributed by atoms with Crippen LogP contribution in [0.2, 0.25) is 0 Å². The van der Waals surface area contributed by atoms with E-state index in [1.165, 1.54) is 0 Å². The van der Waals surface area contributed by atoms with Crippen molar-refractivity contribution in [1.82, 2.24) is 5.32 Å². The molecule has 0 saturated carbocycles. The number of aryl methyl sites for hydroxylation is 2. The van der Waals surface area contributed by atoms with E-state index in [-0.39, 0.29) is 11.2 Å². The van der Waals surface area contributed by atoms with Gasteiger partial charge in [0.05, 0.1) is 7.11 Å². The monoisotopic (exact) mass is 261 g/mol. The Morgan fingerprint density at radius 1 is 1.21 bits per heavy atom. The molecule has 1 fully saturated rings. The standard InChI is InChI=1S/C16H23NO2/c1-11-10-14(19-4)12(2)9-13(11)15(18)16(3)5-7-17-8-6-16/h9-10,17H,5-8H2,1-4H3. The summed E-state index contributed by atoms with van der Waals surface area (Å²) < 4.78 is 5.31. The van der Waals surface area contributed by atoms with Gasteiger partial charge in [0, 0.05) is 11.0 Å². The van der Waals surface area contributed by atoms with Crippen LogP contribution in [0.15, 0.2) is 12.1 Å². The molecule has 1 saturated heterocycles. The van der Waals surface area contributed by atoms with Crippen LogP contribution in [0.25, 0.3) is 0 Å². The molecule has 0 bridgehead atoms. The van der Waals surface area contributed by atoms with Crippen LogP contribution < -0.4 is 10.1 Å². The number of ether oxygens (including phenoxy) is 1. The molecule has 0 aromatic heterocycles. The molecule has 104 valence electrons. The molecule has 1 aromatic rings. The molecule has 1 aliphatic heterocycles. The lowest BCUT2D eigenvalue weighted by Gasteiger charge is -2.33. The van der Waals surface area contributed by atoms with E-state index in [1.807, 2.05) is 26.0 Å². The Hall–Kier alpha value is -1.35. The van der Waals surface area contributed by atoms with Gasteiger partial charge in [-0.05, 0) is 63.0 Å². The molecule has 0 aliphatic carbocycles. The van der Waals surface area contributed by atoms with Gasteiger partial charge in [-0.15, -0.1) is 0 Å². The van der Waals surface area contributed by atoms with Crippen molar-refractivity contribution >= 4 is 5.78 Å². The highest BCUT2D eigenvalue weighted by Crippen LogP contribution is 2.34. The maximum Gasteiger partial charge on any atom is 0.169 e. The van der Waals surface area contributed by atoms with E-state index in [2.05, 4.69) is 12.2 Å². The molecule has 0 radical (unpaired) electrons. The highest BCUT2D eigenvalue weighted by molar-refractivity contribution is 6.01. The average molecular weight is 261 g/mol. The molecule has 0 amide bonds. The van der Waals surface area contributed by atoms with Crippen molar-refractivity contribution < 1.29 is 9.53 Å². The Kier molecular flexibility index (Phi) is 3.95. The zero-order chi connectivity index (χ0) is 14.0. The Morgan fingerprint density at radius 3 is 2.42 bits per heavy atom. The molecule has 0 atom stereocenters. The first-order valence-electron chi connectivity index (χ1n) is 6.89. The summed E-state index contributed by atoms with van der Waals surface area (Å²) >= 11 is 0. The summed E-state index contributed by atoms with van der Waals surface area (Å²) in [6, 6.07) is 3.94. The first kappa shape index (κ1) is 14.1. The van der Waals surface area contributed by atoms with E-state index >= 15 is 0 Å². The molecule has 0 spiro atoms. The third kappa shape index (κ3) is 2.66. The van der Waals surface area contributed by atoms with E-state index in [9.17, 15) is 4.79 Å². The fraction of sp³-hybridized carbons (Fsp3) is 0.562. The van der Waals surface area contributed by atoms with Crippen LogP contribution in [0.3, 0.4) is 0 Å².